The molecule has 2 heterocycles. The van der Waals surface area contributed by atoms with Crippen molar-refractivity contribution in [3.8, 4) is 11.7 Å². The van der Waals surface area contributed by atoms with Gasteiger partial charge in [-0.15, -0.1) is 5.10 Å². The maximum Gasteiger partial charge on any atom is 0.316 e. The molecule has 3 aromatic rings. The van der Waals surface area contributed by atoms with Gasteiger partial charge in [0.05, 0.1) is 11.9 Å². The summed E-state index contributed by atoms with van der Waals surface area (Å²) < 4.78 is 7.25. The molecule has 1 aromatic carbocycles. The summed E-state index contributed by atoms with van der Waals surface area (Å²) in [5.41, 5.74) is 5.09. The molecule has 0 saturated heterocycles. The third-order valence-corrected chi connectivity index (χ3v) is 3.12. The molecule has 0 saturated carbocycles. The fourth-order valence-corrected chi connectivity index (χ4v) is 2.17. The Balaban J connectivity index is 1.72. The average Bonchev–Trinajstić information content (AvgIpc) is 2.95. The molecule has 0 amide bonds. The van der Waals surface area contributed by atoms with Gasteiger partial charge < -0.3 is 4.74 Å². The molecule has 112 valence electrons. The summed E-state index contributed by atoms with van der Waals surface area (Å²) in [5, 5.41) is 8.26. The molecule has 0 spiro atoms. The molecule has 0 atom stereocenters. The van der Waals surface area contributed by atoms with E-state index in [9.17, 15) is 0 Å². The molecule has 0 N–H and O–H groups in total. The molecule has 0 aliphatic rings. The summed E-state index contributed by atoms with van der Waals surface area (Å²) >= 11 is 0. The zero-order valence-corrected chi connectivity index (χ0v) is 12.8. The van der Waals surface area contributed by atoms with Crippen molar-refractivity contribution >= 4 is 0 Å². The van der Waals surface area contributed by atoms with Crippen LogP contribution in [0.25, 0.3) is 5.69 Å². The van der Waals surface area contributed by atoms with Gasteiger partial charge in [-0.25, -0.2) is 14.6 Å². The Morgan fingerprint density at radius 1 is 0.955 bits per heavy atom. The maximum atomic E-state index is 5.51. The fraction of sp³-hybridized carbons (Fsp3) is 0.250. The van der Waals surface area contributed by atoms with Crippen molar-refractivity contribution in [3.63, 3.8) is 0 Å². The van der Waals surface area contributed by atoms with E-state index in [0.717, 1.165) is 16.9 Å². The summed E-state index contributed by atoms with van der Waals surface area (Å²) in [6.07, 6.45) is 5.28. The van der Waals surface area contributed by atoms with Gasteiger partial charge in [-0.3, -0.25) is 0 Å². The number of hydrogen-bond donors (Lipinski definition) is 0. The van der Waals surface area contributed by atoms with E-state index in [2.05, 4.69) is 52.3 Å². The van der Waals surface area contributed by atoms with Crippen LogP contribution in [0.15, 0.2) is 36.8 Å². The van der Waals surface area contributed by atoms with Crippen LogP contribution >= 0.6 is 0 Å². The second-order valence-corrected chi connectivity index (χ2v) is 5.33. The normalized spacial score (nSPS) is 10.7. The Kier molecular flexibility index (Phi) is 3.82. The van der Waals surface area contributed by atoms with Crippen molar-refractivity contribution in [3.05, 3.63) is 59.2 Å². The number of rotatable bonds is 4. The lowest BCUT2D eigenvalue weighted by molar-refractivity contribution is 0.276. The Hall–Kier alpha value is -2.76. The number of aromatic nitrogens is 5. The van der Waals surface area contributed by atoms with Gasteiger partial charge >= 0.3 is 6.01 Å². The molecule has 0 aliphatic carbocycles. The smallest absolute Gasteiger partial charge is 0.316 e. The summed E-state index contributed by atoms with van der Waals surface area (Å²) in [4.78, 5) is 8.19. The first-order valence-corrected chi connectivity index (χ1v) is 7.01. The predicted molar refractivity (Wildman–Crippen MR) is 81.9 cm³/mol. The molecule has 22 heavy (non-hydrogen) atoms. The first-order chi connectivity index (χ1) is 10.6. The second-order valence-electron chi connectivity index (χ2n) is 5.33. The van der Waals surface area contributed by atoms with Gasteiger partial charge in [-0.2, -0.15) is 0 Å². The summed E-state index contributed by atoms with van der Waals surface area (Å²) in [5.74, 6) is 0. The van der Waals surface area contributed by atoms with Gasteiger partial charge in [-0.1, -0.05) is 11.3 Å². The molecule has 6 nitrogen and oxygen atoms in total. The monoisotopic (exact) mass is 295 g/mol. The Labute approximate surface area is 128 Å². The SMILES string of the molecule is Cc1cnc(OCc2cn(-c3cc(C)cc(C)c3)nn2)nc1. The summed E-state index contributed by atoms with van der Waals surface area (Å²) in [6, 6.07) is 6.59. The Bertz CT molecular complexity index is 759. The van der Waals surface area contributed by atoms with Crippen molar-refractivity contribution in [2.24, 2.45) is 0 Å². The van der Waals surface area contributed by atoms with Gasteiger partial charge in [0.15, 0.2) is 0 Å². The number of hydrogen-bond acceptors (Lipinski definition) is 5. The highest BCUT2D eigenvalue weighted by atomic mass is 16.5. The van der Waals surface area contributed by atoms with Crippen molar-refractivity contribution in [2.45, 2.75) is 27.4 Å². The minimum absolute atomic E-state index is 0.286. The second kappa shape index (κ2) is 5.93. The first kappa shape index (κ1) is 14.2. The molecule has 0 aliphatic heterocycles. The number of ether oxygens (including phenoxy) is 1. The third-order valence-electron chi connectivity index (χ3n) is 3.12. The van der Waals surface area contributed by atoms with Crippen LogP contribution in [0, 0.1) is 20.8 Å². The van der Waals surface area contributed by atoms with Crippen LogP contribution in [-0.2, 0) is 6.61 Å². The van der Waals surface area contributed by atoms with Crippen LogP contribution in [0.4, 0.5) is 0 Å². The van der Waals surface area contributed by atoms with Crippen LogP contribution in [0.3, 0.4) is 0 Å². The van der Waals surface area contributed by atoms with Gasteiger partial charge in [0.1, 0.15) is 12.3 Å². The van der Waals surface area contributed by atoms with Crippen molar-refractivity contribution in [1.82, 2.24) is 25.0 Å². The van der Waals surface area contributed by atoms with Crippen molar-refractivity contribution in [1.29, 1.82) is 0 Å². The zero-order valence-electron chi connectivity index (χ0n) is 12.8. The Morgan fingerprint density at radius 3 is 2.32 bits per heavy atom. The lowest BCUT2D eigenvalue weighted by Crippen LogP contribution is -1.99. The van der Waals surface area contributed by atoms with E-state index in [4.69, 9.17) is 4.74 Å². The van der Waals surface area contributed by atoms with Gasteiger partial charge in [0, 0.05) is 12.4 Å². The van der Waals surface area contributed by atoms with Crippen LogP contribution in [-0.4, -0.2) is 25.0 Å². The van der Waals surface area contributed by atoms with E-state index in [1.807, 2.05) is 13.1 Å². The Morgan fingerprint density at radius 2 is 1.64 bits per heavy atom. The molecule has 0 fully saturated rings. The van der Waals surface area contributed by atoms with Crippen LogP contribution in [0.5, 0.6) is 6.01 Å². The van der Waals surface area contributed by atoms with Gasteiger partial charge in [-0.05, 0) is 49.6 Å². The maximum absolute atomic E-state index is 5.51. The minimum atomic E-state index is 0.286. The number of benzene rings is 1. The lowest BCUT2D eigenvalue weighted by atomic mass is 10.1. The molecular formula is C16H17N5O. The van der Waals surface area contributed by atoms with E-state index in [0.29, 0.717) is 6.01 Å². The highest BCUT2D eigenvalue weighted by Gasteiger charge is 2.06. The van der Waals surface area contributed by atoms with Crippen molar-refractivity contribution in [2.75, 3.05) is 0 Å². The topological polar surface area (TPSA) is 65.7 Å². The van der Waals surface area contributed by atoms with E-state index in [1.165, 1.54) is 11.1 Å². The van der Waals surface area contributed by atoms with E-state index >= 15 is 0 Å². The molecule has 0 unspecified atom stereocenters. The predicted octanol–water partition coefficient (Wildman–Crippen LogP) is 2.56. The molecular weight excluding hydrogens is 278 g/mol. The molecule has 0 radical (unpaired) electrons. The number of aryl methyl sites for hydroxylation is 3. The van der Waals surface area contributed by atoms with Crippen molar-refractivity contribution < 1.29 is 4.74 Å². The van der Waals surface area contributed by atoms with Crippen LogP contribution < -0.4 is 4.74 Å². The van der Waals surface area contributed by atoms with E-state index in [-0.39, 0.29) is 6.61 Å². The highest BCUT2D eigenvalue weighted by molar-refractivity contribution is 5.38. The third kappa shape index (κ3) is 3.28. The van der Waals surface area contributed by atoms with E-state index in [1.54, 1.807) is 17.1 Å². The minimum Gasteiger partial charge on any atom is -0.457 e. The summed E-state index contributed by atoms with van der Waals surface area (Å²) in [7, 11) is 0. The summed E-state index contributed by atoms with van der Waals surface area (Å²) in [6.45, 7) is 6.34. The largest absolute Gasteiger partial charge is 0.457 e. The van der Waals surface area contributed by atoms with E-state index < -0.39 is 0 Å². The molecule has 0 bridgehead atoms. The zero-order chi connectivity index (χ0) is 15.5. The van der Waals surface area contributed by atoms with Gasteiger partial charge in [0.25, 0.3) is 0 Å². The first-order valence-electron chi connectivity index (χ1n) is 7.01. The quantitative estimate of drug-likeness (QED) is 0.740. The number of nitrogens with zero attached hydrogens (tertiary/aromatic N) is 5. The highest BCUT2D eigenvalue weighted by Crippen LogP contribution is 2.13. The molecule has 6 heteroatoms. The average molecular weight is 295 g/mol. The molecule has 3 rings (SSSR count). The van der Waals surface area contributed by atoms with Crippen LogP contribution in [0.2, 0.25) is 0 Å². The van der Waals surface area contributed by atoms with Crippen LogP contribution in [0.1, 0.15) is 22.4 Å². The fourth-order valence-electron chi connectivity index (χ4n) is 2.17. The standard InChI is InChI=1S/C16H17N5O/c1-11-4-12(2)6-15(5-11)21-9-14(19-20-21)10-22-16-17-7-13(3)8-18-16/h4-9H,10H2,1-3H3. The van der Waals surface area contributed by atoms with Gasteiger partial charge in [0.2, 0.25) is 0 Å². The lowest BCUT2D eigenvalue weighted by Gasteiger charge is -2.03. The molecule has 2 aromatic heterocycles.